The molecule has 7 nitrogen and oxygen atoms in total. The van der Waals surface area contributed by atoms with E-state index in [1.165, 1.54) is 0 Å². The van der Waals surface area contributed by atoms with Gasteiger partial charge in [0.05, 0.1) is 0 Å². The minimum absolute atomic E-state index is 0. The van der Waals surface area contributed by atoms with Crippen LogP contribution < -0.4 is 22.7 Å². The van der Waals surface area contributed by atoms with Crippen molar-refractivity contribution in [1.29, 1.82) is 0 Å². The topological polar surface area (TPSA) is 121 Å². The van der Waals surface area contributed by atoms with Crippen LogP contribution in [-0.2, 0) is 13.7 Å². The fourth-order valence-corrected chi connectivity index (χ4v) is 1.51. The number of nitrogens with two attached hydrogens (primary N) is 1. The summed E-state index contributed by atoms with van der Waals surface area (Å²) in [4.78, 5) is 0. The van der Waals surface area contributed by atoms with E-state index in [2.05, 4.69) is 17.7 Å². The summed E-state index contributed by atoms with van der Waals surface area (Å²) >= 11 is 0. The van der Waals surface area contributed by atoms with E-state index < -0.39 is 8.25 Å². The molecule has 0 heterocycles. The van der Waals surface area contributed by atoms with Crippen molar-refractivity contribution in [1.82, 2.24) is 16.9 Å². The van der Waals surface area contributed by atoms with Gasteiger partial charge in [-0.25, -0.2) is 0 Å². The third-order valence-electron chi connectivity index (χ3n) is 1.81. The van der Waals surface area contributed by atoms with Gasteiger partial charge in [0.2, 0.25) is 0 Å². The zero-order valence-corrected chi connectivity index (χ0v) is 11.5. The van der Waals surface area contributed by atoms with E-state index in [1.807, 2.05) is 0 Å². The minimum atomic E-state index is -2.04. The fraction of sp³-hybridized carbons (Fsp3) is 1.00. The molecule has 0 aliphatic heterocycles. The van der Waals surface area contributed by atoms with Gasteiger partial charge in [0, 0.05) is 30.7 Å². The minimum Gasteiger partial charge on any atom is -0.344 e. The molecule has 0 aliphatic carbocycles. The third-order valence-corrected chi connectivity index (χ3v) is 2.48. The summed E-state index contributed by atoms with van der Waals surface area (Å²) in [5.41, 5.74) is 7.86. The Labute approximate surface area is 104 Å². The average Bonchev–Trinajstić information content (AvgIpc) is 2.29. The van der Waals surface area contributed by atoms with E-state index >= 15 is 0 Å². The van der Waals surface area contributed by atoms with Crippen molar-refractivity contribution < 1.29 is 13.7 Å². The molecule has 0 saturated heterocycles. The molecule has 0 aromatic heterocycles. The van der Waals surface area contributed by atoms with Crippen LogP contribution in [0, 0.1) is 0 Å². The molecule has 0 rings (SSSR count). The molecule has 8 heteroatoms. The Morgan fingerprint density at radius 1 is 1.24 bits per heavy atom. The molecule has 0 aliphatic rings. The lowest BCUT2D eigenvalue weighted by Gasteiger charge is -1.99. The average molecular weight is 269 g/mol. The zero-order chi connectivity index (χ0) is 12.1. The van der Waals surface area contributed by atoms with E-state index in [0.717, 1.165) is 32.4 Å². The van der Waals surface area contributed by atoms with Gasteiger partial charge < -0.3 is 17.2 Å². The zero-order valence-electron chi connectivity index (χ0n) is 10.6. The quantitative estimate of drug-likeness (QED) is 0.237. The molecular formula is C9H26N4O3P+. The van der Waals surface area contributed by atoms with Gasteiger partial charge in [-0.3, -0.25) is 0 Å². The number of nitrogens with one attached hydrogen (secondary N) is 2. The first kappa shape index (κ1) is 19.2. The predicted octanol–water partition coefficient (Wildman–Crippen LogP) is 1.08. The molecule has 0 bridgehead atoms. The first-order chi connectivity index (χ1) is 7.81. The number of hydrogen-bond donors (Lipinski definition) is 4. The van der Waals surface area contributed by atoms with Gasteiger partial charge in [0.25, 0.3) is 0 Å². The second kappa shape index (κ2) is 15.9. The van der Waals surface area contributed by atoms with Crippen LogP contribution in [0.4, 0.5) is 0 Å². The molecule has 0 aromatic rings. The molecule has 1 atom stereocenters. The van der Waals surface area contributed by atoms with Crippen LogP contribution in [0.3, 0.4) is 0 Å². The van der Waals surface area contributed by atoms with Crippen molar-refractivity contribution in [3.8, 4) is 0 Å². The van der Waals surface area contributed by atoms with Gasteiger partial charge in [0.1, 0.15) is 6.61 Å². The summed E-state index contributed by atoms with van der Waals surface area (Å²) in [7, 11) is -2.04. The highest BCUT2D eigenvalue weighted by atomic mass is 31.1. The van der Waals surface area contributed by atoms with Crippen molar-refractivity contribution in [2.75, 3.05) is 32.8 Å². The fourth-order valence-electron chi connectivity index (χ4n) is 0.982. The second-order valence-corrected chi connectivity index (χ2v) is 4.18. The van der Waals surface area contributed by atoms with Crippen LogP contribution in [0.2, 0.25) is 0 Å². The summed E-state index contributed by atoms with van der Waals surface area (Å²) in [5, 5.41) is 3.07. The predicted molar refractivity (Wildman–Crippen MR) is 69.1 cm³/mol. The van der Waals surface area contributed by atoms with Crippen LogP contribution in [0.5, 0.6) is 0 Å². The Morgan fingerprint density at radius 2 is 2.00 bits per heavy atom. The molecule has 0 fully saturated rings. The summed E-state index contributed by atoms with van der Waals surface area (Å²) in [6.07, 6.45) is 3.12. The van der Waals surface area contributed by atoms with E-state index in [-0.39, 0.29) is 6.15 Å². The number of hydroxylamine groups is 1. The number of hydrogen-bond acceptors (Lipinski definition) is 7. The molecule has 0 aromatic carbocycles. The lowest BCUT2D eigenvalue weighted by Crippen LogP contribution is -2.30. The Kier molecular flexibility index (Phi) is 17.9. The standard InChI is InChI=1S/C9H23N3O3P.H3N/c1-2-3-4-9-14-16(13)15-12-8-7-11-6-5-10;/h11-12H,2-10H2,1H3;1H3/q+1;. The van der Waals surface area contributed by atoms with Crippen LogP contribution in [0.25, 0.3) is 0 Å². The Morgan fingerprint density at radius 3 is 2.65 bits per heavy atom. The molecular weight excluding hydrogens is 243 g/mol. The van der Waals surface area contributed by atoms with Crippen LogP contribution in [0.1, 0.15) is 26.2 Å². The van der Waals surface area contributed by atoms with Gasteiger partial charge in [0.15, 0.2) is 0 Å². The van der Waals surface area contributed by atoms with Gasteiger partial charge in [-0.1, -0.05) is 19.8 Å². The maximum atomic E-state index is 11.1. The molecule has 0 saturated carbocycles. The highest BCUT2D eigenvalue weighted by molar-refractivity contribution is 7.33. The van der Waals surface area contributed by atoms with Crippen LogP contribution in [-0.4, -0.2) is 32.8 Å². The van der Waals surface area contributed by atoms with Crippen molar-refractivity contribution in [2.24, 2.45) is 5.73 Å². The molecule has 0 radical (unpaired) electrons. The molecule has 17 heavy (non-hydrogen) atoms. The smallest absolute Gasteiger partial charge is 0.344 e. The summed E-state index contributed by atoms with van der Waals surface area (Å²) in [6, 6.07) is 0. The van der Waals surface area contributed by atoms with Crippen LogP contribution >= 0.6 is 8.25 Å². The van der Waals surface area contributed by atoms with Crippen molar-refractivity contribution in [2.45, 2.75) is 26.2 Å². The summed E-state index contributed by atoms with van der Waals surface area (Å²) in [5.74, 6) is 0. The molecule has 0 amide bonds. The van der Waals surface area contributed by atoms with Gasteiger partial charge in [-0.15, -0.1) is 10.0 Å². The van der Waals surface area contributed by atoms with Gasteiger partial charge >= 0.3 is 8.25 Å². The van der Waals surface area contributed by atoms with E-state index in [4.69, 9.17) is 14.9 Å². The van der Waals surface area contributed by atoms with Crippen molar-refractivity contribution in [3.05, 3.63) is 0 Å². The highest BCUT2D eigenvalue weighted by Gasteiger charge is 2.19. The largest absolute Gasteiger partial charge is 0.716 e. The third kappa shape index (κ3) is 15.9. The highest BCUT2D eigenvalue weighted by Crippen LogP contribution is 2.21. The Hall–Kier alpha value is -0.140. The van der Waals surface area contributed by atoms with E-state index in [1.54, 1.807) is 0 Å². The second-order valence-electron chi connectivity index (χ2n) is 3.29. The molecule has 0 spiro atoms. The van der Waals surface area contributed by atoms with Crippen molar-refractivity contribution >= 4 is 8.25 Å². The maximum absolute atomic E-state index is 11.1. The first-order valence-corrected chi connectivity index (χ1v) is 6.81. The summed E-state index contributed by atoms with van der Waals surface area (Å²) < 4.78 is 20.8. The molecule has 1 unspecified atom stereocenters. The van der Waals surface area contributed by atoms with E-state index in [9.17, 15) is 4.57 Å². The lowest BCUT2D eigenvalue weighted by molar-refractivity contribution is 0.155. The van der Waals surface area contributed by atoms with Crippen LogP contribution in [0.15, 0.2) is 0 Å². The Bertz CT molecular complexity index is 174. The Balaban J connectivity index is 0. The maximum Gasteiger partial charge on any atom is 0.716 e. The first-order valence-electron chi connectivity index (χ1n) is 5.72. The lowest BCUT2D eigenvalue weighted by atomic mass is 10.3. The molecule has 7 N–H and O–H groups in total. The normalized spacial score (nSPS) is 11.1. The molecule has 104 valence electrons. The SMILES string of the molecule is CCCCCO[P+](=O)ONCCNCCN.N. The number of unbranched alkanes of at least 4 members (excludes halogenated alkanes) is 2. The monoisotopic (exact) mass is 269 g/mol. The van der Waals surface area contributed by atoms with E-state index in [0.29, 0.717) is 19.7 Å². The number of rotatable bonds is 12. The van der Waals surface area contributed by atoms with Crippen molar-refractivity contribution in [3.63, 3.8) is 0 Å². The summed E-state index contributed by atoms with van der Waals surface area (Å²) in [6.45, 7) is 5.25. The van der Waals surface area contributed by atoms with Gasteiger partial charge in [-0.05, 0) is 11.0 Å². The van der Waals surface area contributed by atoms with Gasteiger partial charge in [-0.2, -0.15) is 0 Å².